The molecule has 1 aromatic carbocycles. The zero-order valence-corrected chi connectivity index (χ0v) is 8.02. The summed E-state index contributed by atoms with van der Waals surface area (Å²) in [6.07, 6.45) is 3.34. The highest BCUT2D eigenvalue weighted by molar-refractivity contribution is 5.79. The minimum absolute atomic E-state index is 0.575. The van der Waals surface area contributed by atoms with Gasteiger partial charge in [-0.2, -0.15) is 5.10 Å². The van der Waals surface area contributed by atoms with Gasteiger partial charge in [-0.25, -0.2) is 0 Å². The number of nitrogens with two attached hydrogens (primary N) is 1. The largest absolute Gasteiger partial charge is 0.373 e. The van der Waals surface area contributed by atoms with Crippen molar-refractivity contribution in [2.24, 2.45) is 10.9 Å². The average Bonchev–Trinajstić information content (AvgIpc) is 2.21. The van der Waals surface area contributed by atoms with Crippen LogP contribution in [0, 0.1) is 0 Å². The maximum Gasteiger partial charge on any atom is 0.0721 e. The molecule has 0 aliphatic rings. The van der Waals surface area contributed by atoms with E-state index in [-0.39, 0.29) is 0 Å². The fourth-order valence-corrected chi connectivity index (χ4v) is 1.05. The Morgan fingerprint density at radius 3 is 2.64 bits per heavy atom. The number of hydrogen-bond acceptors (Lipinski definition) is 3. The van der Waals surface area contributed by atoms with Crippen LogP contribution in [0.3, 0.4) is 0 Å². The average molecular weight is 190 g/mol. The summed E-state index contributed by atoms with van der Waals surface area (Å²) in [6.45, 7) is 4.75. The lowest BCUT2D eigenvalue weighted by Gasteiger charge is -2.01. The summed E-state index contributed by atoms with van der Waals surface area (Å²) >= 11 is 0. The van der Waals surface area contributed by atoms with E-state index in [1.165, 1.54) is 0 Å². The molecule has 0 fully saturated rings. The molecule has 1 rings (SSSR count). The third-order valence-corrected chi connectivity index (χ3v) is 1.71. The number of hydrogen-bond donors (Lipinski definition) is 1. The maximum atomic E-state index is 5.29. The first-order valence-electron chi connectivity index (χ1n) is 4.37. The fraction of sp³-hybridized carbons (Fsp3) is 0.182. The summed E-state index contributed by atoms with van der Waals surface area (Å²) in [5.74, 6) is 5.03. The van der Waals surface area contributed by atoms with E-state index in [1.807, 2.05) is 24.3 Å². The van der Waals surface area contributed by atoms with Crippen LogP contribution in [0.5, 0.6) is 0 Å². The molecule has 3 heteroatoms. The molecule has 0 spiro atoms. The van der Waals surface area contributed by atoms with Crippen molar-refractivity contribution < 1.29 is 4.74 Å². The second kappa shape index (κ2) is 5.94. The molecule has 0 saturated heterocycles. The highest BCUT2D eigenvalue weighted by Gasteiger charge is 1.92. The van der Waals surface area contributed by atoms with E-state index in [9.17, 15) is 0 Å². The van der Waals surface area contributed by atoms with Crippen LogP contribution in [-0.4, -0.2) is 12.8 Å². The molecule has 0 aromatic heterocycles. The van der Waals surface area contributed by atoms with Crippen molar-refractivity contribution in [3.8, 4) is 0 Å². The summed E-state index contributed by atoms with van der Waals surface area (Å²) in [5.41, 5.74) is 2.11. The molecule has 0 atom stereocenters. The van der Waals surface area contributed by atoms with Crippen LogP contribution in [0.25, 0.3) is 0 Å². The zero-order chi connectivity index (χ0) is 10.2. The van der Waals surface area contributed by atoms with Gasteiger partial charge in [-0.15, -0.1) is 6.58 Å². The van der Waals surface area contributed by atoms with Crippen molar-refractivity contribution >= 4 is 6.21 Å². The zero-order valence-electron chi connectivity index (χ0n) is 8.02. The lowest BCUT2D eigenvalue weighted by atomic mass is 10.1. The van der Waals surface area contributed by atoms with Crippen LogP contribution in [0.1, 0.15) is 11.1 Å². The molecule has 14 heavy (non-hydrogen) atoms. The summed E-state index contributed by atoms with van der Waals surface area (Å²) in [6, 6.07) is 7.87. The predicted octanol–water partition coefficient (Wildman–Crippen LogP) is 1.68. The van der Waals surface area contributed by atoms with Crippen molar-refractivity contribution in [1.82, 2.24) is 0 Å². The molecular weight excluding hydrogens is 176 g/mol. The Labute approximate surface area is 83.9 Å². The lowest BCUT2D eigenvalue weighted by molar-refractivity contribution is 0.149. The highest BCUT2D eigenvalue weighted by Crippen LogP contribution is 2.03. The van der Waals surface area contributed by atoms with E-state index >= 15 is 0 Å². The number of ether oxygens (including phenoxy) is 1. The van der Waals surface area contributed by atoms with Gasteiger partial charge in [0.1, 0.15) is 0 Å². The van der Waals surface area contributed by atoms with Crippen LogP contribution in [0.15, 0.2) is 42.0 Å². The number of rotatable bonds is 5. The molecule has 0 radical (unpaired) electrons. The number of benzene rings is 1. The van der Waals surface area contributed by atoms with Crippen LogP contribution >= 0.6 is 0 Å². The van der Waals surface area contributed by atoms with Crippen molar-refractivity contribution in [3.63, 3.8) is 0 Å². The van der Waals surface area contributed by atoms with Crippen molar-refractivity contribution in [2.75, 3.05) is 6.61 Å². The van der Waals surface area contributed by atoms with E-state index in [2.05, 4.69) is 11.7 Å². The van der Waals surface area contributed by atoms with Gasteiger partial charge in [0, 0.05) is 0 Å². The summed E-state index contributed by atoms with van der Waals surface area (Å²) in [4.78, 5) is 0. The van der Waals surface area contributed by atoms with Crippen molar-refractivity contribution in [2.45, 2.75) is 6.61 Å². The second-order valence-electron chi connectivity index (χ2n) is 2.82. The topological polar surface area (TPSA) is 47.6 Å². The Balaban J connectivity index is 2.50. The SMILES string of the molecule is C=CCOCc1ccc(C=NN)cc1. The van der Waals surface area contributed by atoms with E-state index < -0.39 is 0 Å². The van der Waals surface area contributed by atoms with Gasteiger partial charge in [0.05, 0.1) is 19.4 Å². The third kappa shape index (κ3) is 3.41. The molecule has 0 heterocycles. The van der Waals surface area contributed by atoms with Crippen LogP contribution in [-0.2, 0) is 11.3 Å². The molecule has 0 saturated carbocycles. The summed E-state index contributed by atoms with van der Waals surface area (Å²) in [7, 11) is 0. The lowest BCUT2D eigenvalue weighted by Crippen LogP contribution is -1.93. The smallest absolute Gasteiger partial charge is 0.0721 e. The van der Waals surface area contributed by atoms with Crippen LogP contribution in [0.2, 0.25) is 0 Å². The van der Waals surface area contributed by atoms with E-state index in [0.29, 0.717) is 13.2 Å². The number of hydrazone groups is 1. The quantitative estimate of drug-likeness (QED) is 0.252. The maximum absolute atomic E-state index is 5.29. The molecule has 0 bridgehead atoms. The molecular formula is C11H14N2O. The van der Waals surface area contributed by atoms with Gasteiger partial charge in [-0.1, -0.05) is 30.3 Å². The van der Waals surface area contributed by atoms with Gasteiger partial charge in [-0.3, -0.25) is 0 Å². The molecule has 1 aromatic rings. The molecule has 74 valence electrons. The van der Waals surface area contributed by atoms with Gasteiger partial charge in [-0.05, 0) is 11.1 Å². The van der Waals surface area contributed by atoms with E-state index in [4.69, 9.17) is 10.6 Å². The Morgan fingerprint density at radius 1 is 1.36 bits per heavy atom. The summed E-state index contributed by atoms with van der Waals surface area (Å²) in [5, 5.41) is 3.44. The monoisotopic (exact) mass is 190 g/mol. The molecule has 0 aliphatic carbocycles. The predicted molar refractivity (Wildman–Crippen MR) is 58.1 cm³/mol. The third-order valence-electron chi connectivity index (χ3n) is 1.71. The Bertz CT molecular complexity index is 304. The Kier molecular flexibility index (Phi) is 4.44. The Hall–Kier alpha value is -1.61. The molecule has 2 N–H and O–H groups in total. The minimum atomic E-state index is 0.575. The first-order valence-corrected chi connectivity index (χ1v) is 4.37. The number of nitrogens with zero attached hydrogens (tertiary/aromatic N) is 1. The molecule has 0 unspecified atom stereocenters. The first-order chi connectivity index (χ1) is 6.86. The molecule has 0 aliphatic heterocycles. The van der Waals surface area contributed by atoms with Crippen molar-refractivity contribution in [3.05, 3.63) is 48.0 Å². The van der Waals surface area contributed by atoms with Gasteiger partial charge in [0.2, 0.25) is 0 Å². The van der Waals surface area contributed by atoms with Gasteiger partial charge < -0.3 is 10.6 Å². The first kappa shape index (κ1) is 10.5. The normalized spacial score (nSPS) is 10.6. The second-order valence-corrected chi connectivity index (χ2v) is 2.82. The standard InChI is InChI=1S/C11H14N2O/c1-2-7-14-9-11-5-3-10(4-6-11)8-13-12/h2-6,8H,1,7,9,12H2. The summed E-state index contributed by atoms with van der Waals surface area (Å²) < 4.78 is 5.29. The minimum Gasteiger partial charge on any atom is -0.373 e. The van der Waals surface area contributed by atoms with E-state index in [1.54, 1.807) is 12.3 Å². The Morgan fingerprint density at radius 2 is 2.07 bits per heavy atom. The van der Waals surface area contributed by atoms with Crippen LogP contribution < -0.4 is 5.84 Å². The molecule has 3 nitrogen and oxygen atoms in total. The van der Waals surface area contributed by atoms with Crippen LogP contribution in [0.4, 0.5) is 0 Å². The van der Waals surface area contributed by atoms with Gasteiger partial charge in [0.15, 0.2) is 0 Å². The highest BCUT2D eigenvalue weighted by atomic mass is 16.5. The van der Waals surface area contributed by atoms with E-state index in [0.717, 1.165) is 11.1 Å². The fourth-order valence-electron chi connectivity index (χ4n) is 1.05. The van der Waals surface area contributed by atoms with Gasteiger partial charge in [0.25, 0.3) is 0 Å². The van der Waals surface area contributed by atoms with Crippen molar-refractivity contribution in [1.29, 1.82) is 0 Å². The van der Waals surface area contributed by atoms with Gasteiger partial charge >= 0.3 is 0 Å². The molecule has 0 amide bonds.